The Hall–Kier alpha value is -4.41. The highest BCUT2D eigenvalue weighted by atomic mass is 16.2. The Kier molecular flexibility index (Phi) is 11.3. The molecule has 1 aromatic heterocycles. The Bertz CT molecular complexity index is 1250. The fraction of sp³-hybridized carbons (Fsp3) is 0.414. The van der Waals surface area contributed by atoms with Crippen LogP contribution in [0.1, 0.15) is 43.7 Å². The van der Waals surface area contributed by atoms with Crippen LogP contribution >= 0.6 is 0 Å². The maximum absolute atomic E-state index is 12.5. The van der Waals surface area contributed by atoms with Crippen LogP contribution in [-0.4, -0.2) is 77.9 Å². The maximum atomic E-state index is 12.5. The number of hydrogen-bond donors (Lipinski definition) is 3. The van der Waals surface area contributed by atoms with E-state index in [1.807, 2.05) is 25.1 Å². The first-order valence-corrected chi connectivity index (χ1v) is 13.2. The van der Waals surface area contributed by atoms with Gasteiger partial charge >= 0.3 is 0 Å². The third kappa shape index (κ3) is 9.13. The molecule has 2 heterocycles. The van der Waals surface area contributed by atoms with Crippen LogP contribution < -0.4 is 16.0 Å². The van der Waals surface area contributed by atoms with Gasteiger partial charge in [-0.05, 0) is 57.6 Å². The van der Waals surface area contributed by atoms with Gasteiger partial charge in [-0.2, -0.15) is 10.2 Å². The van der Waals surface area contributed by atoms with Gasteiger partial charge in [0.1, 0.15) is 11.9 Å². The van der Waals surface area contributed by atoms with Crippen LogP contribution in [0.25, 0.3) is 0 Å². The van der Waals surface area contributed by atoms with Crippen LogP contribution in [0.4, 0.5) is 17.5 Å². The molecule has 0 bridgehead atoms. The average molecular weight is 529 g/mol. The van der Waals surface area contributed by atoms with Crippen molar-refractivity contribution >= 4 is 29.3 Å². The highest BCUT2D eigenvalue weighted by molar-refractivity contribution is 5.94. The number of hydrogen-bond acceptors (Lipinski definition) is 8. The molecule has 1 aromatic carbocycles. The number of carbonyl (C=O) groups excluding carboxylic acids is 2. The summed E-state index contributed by atoms with van der Waals surface area (Å²) in [6.07, 6.45) is 7.94. The van der Waals surface area contributed by atoms with Crippen molar-refractivity contribution in [3.63, 3.8) is 0 Å². The van der Waals surface area contributed by atoms with Gasteiger partial charge in [-0.3, -0.25) is 9.59 Å². The van der Waals surface area contributed by atoms with E-state index in [-0.39, 0.29) is 11.8 Å². The van der Waals surface area contributed by atoms with Crippen LogP contribution in [0, 0.1) is 23.2 Å². The molecule has 1 atom stereocenters. The van der Waals surface area contributed by atoms with Crippen molar-refractivity contribution in [2.24, 2.45) is 0 Å². The summed E-state index contributed by atoms with van der Waals surface area (Å²) >= 11 is 0. The second kappa shape index (κ2) is 15.1. The Balaban J connectivity index is 1.48. The second-order valence-corrected chi connectivity index (χ2v) is 9.39. The molecule has 1 aliphatic rings. The summed E-state index contributed by atoms with van der Waals surface area (Å²) in [4.78, 5) is 37.3. The average Bonchev–Trinajstić information content (AvgIpc) is 2.89. The summed E-state index contributed by atoms with van der Waals surface area (Å²) in [5.74, 6) is 7.12. The number of carbonyl (C=O) groups is 2. The van der Waals surface area contributed by atoms with Gasteiger partial charge in [0.15, 0.2) is 0 Å². The summed E-state index contributed by atoms with van der Waals surface area (Å²) < 4.78 is 0. The lowest BCUT2D eigenvalue weighted by Crippen LogP contribution is -2.58. The lowest BCUT2D eigenvalue weighted by Gasteiger charge is -2.39. The first kappa shape index (κ1) is 29.2. The number of likely N-dealkylation sites (N-methyl/N-ethyl adjacent to an activating group) is 1. The van der Waals surface area contributed by atoms with Crippen molar-refractivity contribution in [2.45, 2.75) is 38.6 Å². The molecule has 10 nitrogen and oxygen atoms in total. The van der Waals surface area contributed by atoms with Crippen LogP contribution in [0.5, 0.6) is 0 Å². The smallest absolute Gasteiger partial charge is 0.246 e. The number of nitriles is 1. The quantitative estimate of drug-likeness (QED) is 0.218. The Morgan fingerprint density at radius 3 is 2.69 bits per heavy atom. The zero-order valence-corrected chi connectivity index (χ0v) is 22.8. The summed E-state index contributed by atoms with van der Waals surface area (Å²) in [6, 6.07) is 8.77. The van der Waals surface area contributed by atoms with Gasteiger partial charge in [0.2, 0.25) is 17.8 Å². The highest BCUT2D eigenvalue weighted by Crippen LogP contribution is 2.19. The molecule has 204 valence electrons. The van der Waals surface area contributed by atoms with Crippen LogP contribution in [0.3, 0.4) is 0 Å². The largest absolute Gasteiger partial charge is 0.369 e. The number of amides is 2. The van der Waals surface area contributed by atoms with Crippen molar-refractivity contribution < 1.29 is 9.59 Å². The predicted octanol–water partition coefficient (Wildman–Crippen LogP) is 2.88. The van der Waals surface area contributed by atoms with E-state index in [0.717, 1.165) is 18.7 Å². The highest BCUT2D eigenvalue weighted by Gasteiger charge is 2.36. The van der Waals surface area contributed by atoms with Gasteiger partial charge in [0.05, 0.1) is 23.4 Å². The molecule has 3 N–H and O–H groups in total. The molecule has 0 unspecified atom stereocenters. The maximum Gasteiger partial charge on any atom is 0.246 e. The summed E-state index contributed by atoms with van der Waals surface area (Å²) in [5, 5.41) is 18.3. The van der Waals surface area contributed by atoms with Gasteiger partial charge in [-0.25, -0.2) is 4.98 Å². The zero-order chi connectivity index (χ0) is 28.0. The van der Waals surface area contributed by atoms with Crippen molar-refractivity contribution in [1.82, 2.24) is 25.1 Å². The molecule has 39 heavy (non-hydrogen) atoms. The SMILES string of the molecule is CCCNc1nc(Nc2ccc(C#N)cc2)ncc1C#CCCCNC(=O)[C@@H]1CCN1C(=O)/C=C/CN(C)C. The van der Waals surface area contributed by atoms with E-state index in [2.05, 4.69) is 50.8 Å². The van der Waals surface area contributed by atoms with Crippen LogP contribution in [0.15, 0.2) is 42.6 Å². The molecule has 10 heteroatoms. The fourth-order valence-electron chi connectivity index (χ4n) is 3.72. The number of benzene rings is 1. The molecule has 1 saturated heterocycles. The first-order valence-electron chi connectivity index (χ1n) is 13.2. The van der Waals surface area contributed by atoms with Crippen molar-refractivity contribution in [2.75, 3.05) is 50.9 Å². The second-order valence-electron chi connectivity index (χ2n) is 9.39. The number of likely N-dealkylation sites (tertiary alicyclic amines) is 1. The van der Waals surface area contributed by atoms with Crippen LogP contribution in [-0.2, 0) is 9.59 Å². The van der Waals surface area contributed by atoms with Crippen LogP contribution in [0.2, 0.25) is 0 Å². The van der Waals surface area contributed by atoms with Crippen molar-refractivity contribution in [1.29, 1.82) is 5.26 Å². The Morgan fingerprint density at radius 1 is 1.23 bits per heavy atom. The minimum atomic E-state index is -0.395. The summed E-state index contributed by atoms with van der Waals surface area (Å²) in [6.45, 7) is 4.60. The van der Waals surface area contributed by atoms with E-state index >= 15 is 0 Å². The third-order valence-corrected chi connectivity index (χ3v) is 5.94. The standard InChI is InChI=1S/C29H36N8O2/c1-4-16-31-27-23(21-33-29(35-27)34-24-13-11-22(20-30)12-14-24)9-6-5-7-17-32-28(39)25-15-19-37(25)26(38)10-8-18-36(2)3/h8,10-14,21,25H,4-5,7,15-19H2,1-3H3,(H,32,39)(H2,31,33,34,35)/b10-8+/t25-/m0/s1. The topological polar surface area (TPSA) is 126 Å². The van der Waals surface area contributed by atoms with E-state index < -0.39 is 6.04 Å². The third-order valence-electron chi connectivity index (χ3n) is 5.94. The van der Waals surface area contributed by atoms with Crippen molar-refractivity contribution in [3.8, 4) is 17.9 Å². The Morgan fingerprint density at radius 2 is 2.03 bits per heavy atom. The number of nitrogens with one attached hydrogen (secondary N) is 3. The van der Waals surface area contributed by atoms with Gasteiger partial charge in [0, 0.05) is 44.4 Å². The summed E-state index contributed by atoms with van der Waals surface area (Å²) in [5.41, 5.74) is 2.07. The van der Waals surface area contributed by atoms with E-state index in [1.54, 1.807) is 35.4 Å². The lowest BCUT2D eigenvalue weighted by atomic mass is 10.0. The molecule has 3 rings (SSSR count). The number of anilines is 3. The number of aromatic nitrogens is 2. The molecule has 2 aromatic rings. The van der Waals surface area contributed by atoms with Gasteiger partial charge in [-0.15, -0.1) is 0 Å². The molecular weight excluding hydrogens is 492 g/mol. The van der Waals surface area contributed by atoms with E-state index in [4.69, 9.17) is 5.26 Å². The predicted molar refractivity (Wildman–Crippen MR) is 152 cm³/mol. The van der Waals surface area contributed by atoms with Gasteiger partial charge in [0.25, 0.3) is 0 Å². The zero-order valence-electron chi connectivity index (χ0n) is 22.8. The molecule has 1 fully saturated rings. The first-order chi connectivity index (χ1) is 18.9. The molecule has 2 amide bonds. The molecule has 0 spiro atoms. The molecule has 0 radical (unpaired) electrons. The van der Waals surface area contributed by atoms with Crippen molar-refractivity contribution in [3.05, 3.63) is 53.7 Å². The molecular formula is C29H36N8O2. The molecule has 0 saturated carbocycles. The number of nitrogens with zero attached hydrogens (tertiary/aromatic N) is 5. The minimum absolute atomic E-state index is 0.117. The molecule has 1 aliphatic heterocycles. The summed E-state index contributed by atoms with van der Waals surface area (Å²) in [7, 11) is 3.87. The van der Waals surface area contributed by atoms with Gasteiger partial charge in [-0.1, -0.05) is 24.8 Å². The monoisotopic (exact) mass is 528 g/mol. The van der Waals surface area contributed by atoms with E-state index in [0.29, 0.717) is 61.8 Å². The minimum Gasteiger partial charge on any atom is -0.369 e. The van der Waals surface area contributed by atoms with E-state index in [1.165, 1.54) is 6.08 Å². The lowest BCUT2D eigenvalue weighted by molar-refractivity contribution is -0.143. The molecule has 0 aliphatic carbocycles. The number of unbranched alkanes of at least 4 members (excludes halogenated alkanes) is 1. The number of rotatable bonds is 12. The normalized spacial score (nSPS) is 14.2. The fourth-order valence-corrected chi connectivity index (χ4v) is 3.72. The van der Waals surface area contributed by atoms with Gasteiger partial charge < -0.3 is 25.8 Å². The Labute approximate surface area is 230 Å². The van der Waals surface area contributed by atoms with E-state index in [9.17, 15) is 9.59 Å².